The van der Waals surface area contributed by atoms with Crippen molar-refractivity contribution in [3.05, 3.63) is 18.6 Å². The number of rotatable bonds is 0. The molecule has 0 unspecified atom stereocenters. The van der Waals surface area contributed by atoms with Crippen LogP contribution < -0.4 is 5.73 Å². The molecule has 0 aromatic carbocycles. The molecular formula is C5H5N5. The zero-order valence-electron chi connectivity index (χ0n) is 5.10. The standard InChI is InChI=1S/C5H5N5/c6-4-3-10-2-1-7-5(10)9-8-4/h1-3H,6H2. The molecule has 0 bridgehead atoms. The van der Waals surface area contributed by atoms with E-state index in [9.17, 15) is 0 Å². The highest BCUT2D eigenvalue weighted by molar-refractivity contribution is 5.31. The summed E-state index contributed by atoms with van der Waals surface area (Å²) in [5.41, 5.74) is 5.36. The summed E-state index contributed by atoms with van der Waals surface area (Å²) in [5.74, 6) is 0.958. The first-order chi connectivity index (χ1) is 4.86. The van der Waals surface area contributed by atoms with Crippen LogP contribution in [-0.2, 0) is 0 Å². The molecule has 0 amide bonds. The summed E-state index contributed by atoms with van der Waals surface area (Å²) < 4.78 is 1.71. The van der Waals surface area contributed by atoms with Gasteiger partial charge in [0.25, 0.3) is 5.78 Å². The average molecular weight is 135 g/mol. The summed E-state index contributed by atoms with van der Waals surface area (Å²) in [7, 11) is 0. The van der Waals surface area contributed by atoms with Gasteiger partial charge in [-0.3, -0.25) is 4.40 Å². The molecular weight excluding hydrogens is 130 g/mol. The highest BCUT2D eigenvalue weighted by atomic mass is 15.2. The fourth-order valence-corrected chi connectivity index (χ4v) is 0.754. The van der Waals surface area contributed by atoms with Crippen LogP contribution >= 0.6 is 0 Å². The fraction of sp³-hybridized carbons (Fsp3) is 0. The van der Waals surface area contributed by atoms with Gasteiger partial charge in [-0.25, -0.2) is 4.98 Å². The minimum absolute atomic E-state index is 0.394. The molecule has 5 nitrogen and oxygen atoms in total. The Bertz CT molecular complexity index is 352. The molecule has 2 heterocycles. The van der Waals surface area contributed by atoms with E-state index in [-0.39, 0.29) is 0 Å². The number of anilines is 1. The van der Waals surface area contributed by atoms with Crippen LogP contribution in [0.25, 0.3) is 5.78 Å². The molecule has 0 aliphatic rings. The van der Waals surface area contributed by atoms with E-state index in [0.717, 1.165) is 0 Å². The Labute approximate surface area is 56.5 Å². The highest BCUT2D eigenvalue weighted by Gasteiger charge is 1.93. The maximum atomic E-state index is 5.36. The zero-order valence-corrected chi connectivity index (χ0v) is 5.10. The predicted molar refractivity (Wildman–Crippen MR) is 35.2 cm³/mol. The van der Waals surface area contributed by atoms with Crippen LogP contribution in [0.1, 0.15) is 0 Å². The van der Waals surface area contributed by atoms with Crippen LogP contribution in [0.2, 0.25) is 0 Å². The first kappa shape index (κ1) is 5.16. The van der Waals surface area contributed by atoms with Gasteiger partial charge in [-0.2, -0.15) is 0 Å². The van der Waals surface area contributed by atoms with E-state index in [2.05, 4.69) is 15.2 Å². The largest absolute Gasteiger partial charge is 0.381 e. The summed E-state index contributed by atoms with van der Waals surface area (Å²) in [6.45, 7) is 0. The first-order valence-electron chi connectivity index (χ1n) is 2.78. The minimum atomic E-state index is 0.394. The van der Waals surface area contributed by atoms with Crippen molar-refractivity contribution in [1.82, 2.24) is 19.6 Å². The molecule has 0 spiro atoms. The molecule has 2 aromatic rings. The number of imidazole rings is 1. The predicted octanol–water partition coefficient (Wildman–Crippen LogP) is -0.294. The smallest absolute Gasteiger partial charge is 0.253 e. The van der Waals surface area contributed by atoms with Crippen LogP contribution in [0.5, 0.6) is 0 Å². The van der Waals surface area contributed by atoms with Crippen molar-refractivity contribution in [2.24, 2.45) is 0 Å². The second kappa shape index (κ2) is 1.66. The van der Waals surface area contributed by atoms with Crippen molar-refractivity contribution in [1.29, 1.82) is 0 Å². The summed E-state index contributed by atoms with van der Waals surface area (Å²) in [6.07, 6.45) is 5.07. The maximum absolute atomic E-state index is 5.36. The van der Waals surface area contributed by atoms with Crippen LogP contribution in [0.4, 0.5) is 5.82 Å². The van der Waals surface area contributed by atoms with Crippen molar-refractivity contribution in [2.75, 3.05) is 5.73 Å². The van der Waals surface area contributed by atoms with Crippen LogP contribution in [0.3, 0.4) is 0 Å². The van der Waals surface area contributed by atoms with Gasteiger partial charge in [0.1, 0.15) is 0 Å². The van der Waals surface area contributed by atoms with Crippen molar-refractivity contribution in [3.63, 3.8) is 0 Å². The lowest BCUT2D eigenvalue weighted by molar-refractivity contribution is 0.976. The Morgan fingerprint density at radius 2 is 2.30 bits per heavy atom. The normalized spacial score (nSPS) is 10.4. The molecule has 2 N–H and O–H groups in total. The second-order valence-electron chi connectivity index (χ2n) is 1.89. The van der Waals surface area contributed by atoms with Gasteiger partial charge >= 0.3 is 0 Å². The van der Waals surface area contributed by atoms with Crippen molar-refractivity contribution < 1.29 is 0 Å². The highest BCUT2D eigenvalue weighted by Crippen LogP contribution is 1.96. The molecule has 2 aromatic heterocycles. The zero-order chi connectivity index (χ0) is 6.97. The number of nitrogens with two attached hydrogens (primary N) is 1. The monoisotopic (exact) mass is 135 g/mol. The molecule has 10 heavy (non-hydrogen) atoms. The van der Waals surface area contributed by atoms with E-state index in [0.29, 0.717) is 11.6 Å². The van der Waals surface area contributed by atoms with Gasteiger partial charge in [0, 0.05) is 12.4 Å². The van der Waals surface area contributed by atoms with E-state index in [1.165, 1.54) is 0 Å². The lowest BCUT2D eigenvalue weighted by Gasteiger charge is -1.90. The first-order valence-corrected chi connectivity index (χ1v) is 2.78. The van der Waals surface area contributed by atoms with Gasteiger partial charge in [0.05, 0.1) is 6.20 Å². The number of aromatic nitrogens is 4. The summed E-state index contributed by atoms with van der Waals surface area (Å²) >= 11 is 0. The van der Waals surface area contributed by atoms with Crippen molar-refractivity contribution in [2.45, 2.75) is 0 Å². The van der Waals surface area contributed by atoms with Gasteiger partial charge in [0.15, 0.2) is 5.82 Å². The molecule has 0 saturated heterocycles. The molecule has 2 rings (SSSR count). The van der Waals surface area contributed by atoms with Crippen molar-refractivity contribution >= 4 is 11.6 Å². The Morgan fingerprint density at radius 3 is 3.20 bits per heavy atom. The number of fused-ring (bicyclic) bond motifs is 1. The van der Waals surface area contributed by atoms with Gasteiger partial charge < -0.3 is 5.73 Å². The average Bonchev–Trinajstić information content (AvgIpc) is 2.33. The number of nitrogen functional groups attached to an aromatic ring is 1. The Kier molecular flexibility index (Phi) is 0.858. The van der Waals surface area contributed by atoms with E-state index in [1.54, 1.807) is 23.0 Å². The van der Waals surface area contributed by atoms with E-state index >= 15 is 0 Å². The summed E-state index contributed by atoms with van der Waals surface area (Å²) in [4.78, 5) is 3.89. The Morgan fingerprint density at radius 1 is 1.40 bits per heavy atom. The molecule has 0 aliphatic carbocycles. The van der Waals surface area contributed by atoms with Gasteiger partial charge in [-0.1, -0.05) is 0 Å². The lowest BCUT2D eigenvalue weighted by atomic mass is 10.7. The molecule has 0 radical (unpaired) electrons. The number of nitrogens with zero attached hydrogens (tertiary/aromatic N) is 4. The van der Waals surface area contributed by atoms with E-state index < -0.39 is 0 Å². The third-order valence-electron chi connectivity index (χ3n) is 1.17. The second-order valence-corrected chi connectivity index (χ2v) is 1.89. The van der Waals surface area contributed by atoms with E-state index in [4.69, 9.17) is 5.73 Å². The van der Waals surface area contributed by atoms with Gasteiger partial charge in [-0.05, 0) is 0 Å². The van der Waals surface area contributed by atoms with Crippen LogP contribution in [0, 0.1) is 0 Å². The molecule has 50 valence electrons. The SMILES string of the molecule is Nc1cn2ccnc2nn1. The Hall–Kier alpha value is -1.65. The number of hydrogen-bond donors (Lipinski definition) is 1. The van der Waals surface area contributed by atoms with Gasteiger partial charge in [-0.15, -0.1) is 10.2 Å². The number of hydrogen-bond acceptors (Lipinski definition) is 4. The van der Waals surface area contributed by atoms with Gasteiger partial charge in [0.2, 0.25) is 0 Å². The topological polar surface area (TPSA) is 69.1 Å². The van der Waals surface area contributed by atoms with Crippen LogP contribution in [0.15, 0.2) is 18.6 Å². The quantitative estimate of drug-likeness (QED) is 0.538. The van der Waals surface area contributed by atoms with Crippen molar-refractivity contribution in [3.8, 4) is 0 Å². The molecule has 0 aliphatic heterocycles. The third-order valence-corrected chi connectivity index (χ3v) is 1.17. The molecule has 0 saturated carbocycles. The van der Waals surface area contributed by atoms with E-state index in [1.807, 2.05) is 0 Å². The van der Waals surface area contributed by atoms with Crippen LogP contribution in [-0.4, -0.2) is 19.6 Å². The summed E-state index contributed by atoms with van der Waals surface area (Å²) in [5, 5.41) is 7.34. The maximum Gasteiger partial charge on any atom is 0.253 e. The fourth-order valence-electron chi connectivity index (χ4n) is 0.754. The Balaban J connectivity index is 2.86. The lowest BCUT2D eigenvalue weighted by Crippen LogP contribution is -1.96. The molecule has 5 heteroatoms. The molecule has 0 atom stereocenters. The third kappa shape index (κ3) is 0.604. The minimum Gasteiger partial charge on any atom is -0.381 e. The molecule has 0 fully saturated rings. The summed E-state index contributed by atoms with van der Waals surface area (Å²) in [6, 6.07) is 0.